The van der Waals surface area contributed by atoms with Gasteiger partial charge in [-0.1, -0.05) is 18.2 Å². The Hall–Kier alpha value is -2.03. The van der Waals surface area contributed by atoms with Crippen LogP contribution in [0, 0.1) is 6.92 Å². The molecule has 1 aromatic carbocycles. The molecule has 1 aromatic heterocycles. The molecule has 1 heterocycles. The van der Waals surface area contributed by atoms with Crippen LogP contribution in [0.15, 0.2) is 42.7 Å². The number of para-hydroxylation sites is 1. The monoisotopic (exact) mass is 214 g/mol. The first-order valence-corrected chi connectivity index (χ1v) is 5.14. The van der Waals surface area contributed by atoms with E-state index >= 15 is 0 Å². The molecular weight excluding hydrogens is 200 g/mol. The van der Waals surface area contributed by atoms with Crippen molar-refractivity contribution in [3.8, 4) is 5.75 Å². The molecule has 0 unspecified atom stereocenters. The number of hydrogen-bond donors (Lipinski definition) is 1. The van der Waals surface area contributed by atoms with E-state index in [1.165, 1.54) is 0 Å². The molecule has 0 aliphatic rings. The van der Waals surface area contributed by atoms with Crippen LogP contribution in [-0.2, 0) is 6.61 Å². The highest BCUT2D eigenvalue weighted by Crippen LogP contribution is 2.24. The summed E-state index contributed by atoms with van der Waals surface area (Å²) in [5, 5.41) is 0. The van der Waals surface area contributed by atoms with Crippen LogP contribution in [0.2, 0.25) is 0 Å². The molecule has 0 radical (unpaired) electrons. The van der Waals surface area contributed by atoms with E-state index in [4.69, 9.17) is 10.5 Å². The second kappa shape index (κ2) is 4.66. The topological polar surface area (TPSA) is 48.1 Å². The maximum absolute atomic E-state index is 5.91. The summed E-state index contributed by atoms with van der Waals surface area (Å²) in [5.41, 5.74) is 8.67. The fraction of sp³-hybridized carbons (Fsp3) is 0.154. The van der Waals surface area contributed by atoms with Crippen molar-refractivity contribution in [1.29, 1.82) is 0 Å². The number of ether oxygens (including phenoxy) is 1. The van der Waals surface area contributed by atoms with Crippen molar-refractivity contribution in [2.75, 3.05) is 5.73 Å². The van der Waals surface area contributed by atoms with Gasteiger partial charge < -0.3 is 10.5 Å². The van der Waals surface area contributed by atoms with Gasteiger partial charge in [0.05, 0.1) is 5.69 Å². The third-order valence-electron chi connectivity index (χ3n) is 2.40. The Bertz CT molecular complexity index is 469. The molecule has 0 bridgehead atoms. The SMILES string of the molecule is Cc1cccc(OCc2cccnc2)c1N. The molecule has 3 nitrogen and oxygen atoms in total. The number of benzene rings is 1. The number of pyridine rings is 1. The van der Waals surface area contributed by atoms with E-state index in [1.807, 2.05) is 37.3 Å². The van der Waals surface area contributed by atoms with Crippen molar-refractivity contribution in [3.63, 3.8) is 0 Å². The zero-order valence-corrected chi connectivity index (χ0v) is 9.18. The van der Waals surface area contributed by atoms with Crippen molar-refractivity contribution in [2.45, 2.75) is 13.5 Å². The highest BCUT2D eigenvalue weighted by molar-refractivity contribution is 5.57. The van der Waals surface area contributed by atoms with Gasteiger partial charge >= 0.3 is 0 Å². The quantitative estimate of drug-likeness (QED) is 0.799. The molecule has 2 aromatic rings. The minimum atomic E-state index is 0.488. The van der Waals surface area contributed by atoms with Crippen LogP contribution in [0.25, 0.3) is 0 Å². The van der Waals surface area contributed by atoms with Crippen LogP contribution >= 0.6 is 0 Å². The third-order valence-corrected chi connectivity index (χ3v) is 2.40. The normalized spacial score (nSPS) is 10.1. The van der Waals surface area contributed by atoms with E-state index in [9.17, 15) is 0 Å². The van der Waals surface area contributed by atoms with Crippen LogP contribution < -0.4 is 10.5 Å². The van der Waals surface area contributed by atoms with Crippen molar-refractivity contribution >= 4 is 5.69 Å². The number of aryl methyl sites for hydroxylation is 1. The van der Waals surface area contributed by atoms with Crippen LogP contribution in [0.5, 0.6) is 5.75 Å². The Morgan fingerprint density at radius 3 is 2.88 bits per heavy atom. The van der Waals surface area contributed by atoms with E-state index in [0.717, 1.165) is 16.9 Å². The molecule has 0 atom stereocenters. The molecule has 0 fully saturated rings. The first kappa shape index (κ1) is 10.5. The van der Waals surface area contributed by atoms with Gasteiger partial charge in [-0.25, -0.2) is 0 Å². The average molecular weight is 214 g/mol. The van der Waals surface area contributed by atoms with E-state index in [1.54, 1.807) is 12.4 Å². The predicted octanol–water partition coefficient (Wildman–Crippen LogP) is 2.55. The minimum absolute atomic E-state index is 0.488. The molecule has 16 heavy (non-hydrogen) atoms. The predicted molar refractivity (Wildman–Crippen MR) is 64.2 cm³/mol. The maximum Gasteiger partial charge on any atom is 0.142 e. The zero-order chi connectivity index (χ0) is 11.4. The van der Waals surface area contributed by atoms with Crippen molar-refractivity contribution in [1.82, 2.24) is 4.98 Å². The summed E-state index contributed by atoms with van der Waals surface area (Å²) < 4.78 is 5.64. The Morgan fingerprint density at radius 1 is 1.25 bits per heavy atom. The fourth-order valence-corrected chi connectivity index (χ4v) is 1.42. The second-order valence-corrected chi connectivity index (χ2v) is 3.64. The van der Waals surface area contributed by atoms with Gasteiger partial charge in [0, 0.05) is 18.0 Å². The van der Waals surface area contributed by atoms with Crippen molar-refractivity contribution in [2.24, 2.45) is 0 Å². The number of aromatic nitrogens is 1. The van der Waals surface area contributed by atoms with Crippen LogP contribution in [-0.4, -0.2) is 4.98 Å². The molecule has 3 heteroatoms. The van der Waals surface area contributed by atoms with E-state index in [0.29, 0.717) is 12.3 Å². The molecule has 0 spiro atoms. The summed E-state index contributed by atoms with van der Waals surface area (Å²) in [4.78, 5) is 4.03. The molecule has 2 N–H and O–H groups in total. The number of anilines is 1. The Balaban J connectivity index is 2.08. The van der Waals surface area contributed by atoms with E-state index in [2.05, 4.69) is 4.98 Å². The molecule has 2 rings (SSSR count). The zero-order valence-electron chi connectivity index (χ0n) is 9.18. The van der Waals surface area contributed by atoms with Gasteiger partial charge in [0.2, 0.25) is 0 Å². The van der Waals surface area contributed by atoms with Gasteiger partial charge in [-0.05, 0) is 24.6 Å². The molecule has 0 amide bonds. The Kier molecular flexibility index (Phi) is 3.05. The number of nitrogens with two attached hydrogens (primary N) is 1. The number of rotatable bonds is 3. The second-order valence-electron chi connectivity index (χ2n) is 3.64. The Labute approximate surface area is 94.9 Å². The molecular formula is C13H14N2O. The molecule has 0 saturated carbocycles. The molecule has 82 valence electrons. The van der Waals surface area contributed by atoms with Crippen LogP contribution in [0.4, 0.5) is 5.69 Å². The first-order valence-electron chi connectivity index (χ1n) is 5.14. The number of hydrogen-bond acceptors (Lipinski definition) is 3. The summed E-state index contributed by atoms with van der Waals surface area (Å²) in [7, 11) is 0. The number of nitrogens with zero attached hydrogens (tertiary/aromatic N) is 1. The Morgan fingerprint density at radius 2 is 2.12 bits per heavy atom. The summed E-state index contributed by atoms with van der Waals surface area (Å²) in [6.45, 7) is 2.45. The first-order chi connectivity index (χ1) is 7.77. The highest BCUT2D eigenvalue weighted by Gasteiger charge is 2.02. The van der Waals surface area contributed by atoms with Gasteiger partial charge in [0.15, 0.2) is 0 Å². The summed E-state index contributed by atoms with van der Waals surface area (Å²) in [5.74, 6) is 0.726. The van der Waals surface area contributed by atoms with Crippen molar-refractivity contribution in [3.05, 3.63) is 53.9 Å². The highest BCUT2D eigenvalue weighted by atomic mass is 16.5. The van der Waals surface area contributed by atoms with Gasteiger partial charge in [0.25, 0.3) is 0 Å². The van der Waals surface area contributed by atoms with E-state index < -0.39 is 0 Å². The van der Waals surface area contributed by atoms with Gasteiger partial charge in [-0.2, -0.15) is 0 Å². The maximum atomic E-state index is 5.91. The summed E-state index contributed by atoms with van der Waals surface area (Å²) in [6.07, 6.45) is 3.52. The minimum Gasteiger partial charge on any atom is -0.487 e. The molecule has 0 aliphatic heterocycles. The van der Waals surface area contributed by atoms with Gasteiger partial charge in [0.1, 0.15) is 12.4 Å². The fourth-order valence-electron chi connectivity index (χ4n) is 1.42. The standard InChI is InChI=1S/C13H14N2O/c1-10-4-2-6-12(13(10)14)16-9-11-5-3-7-15-8-11/h2-8H,9,14H2,1H3. The average Bonchev–Trinajstić information content (AvgIpc) is 2.32. The number of nitrogen functional groups attached to an aromatic ring is 1. The molecule has 0 aliphatic carbocycles. The van der Waals surface area contributed by atoms with E-state index in [-0.39, 0.29) is 0 Å². The van der Waals surface area contributed by atoms with Crippen molar-refractivity contribution < 1.29 is 4.74 Å². The third kappa shape index (κ3) is 2.31. The lowest BCUT2D eigenvalue weighted by atomic mass is 10.2. The lowest BCUT2D eigenvalue weighted by molar-refractivity contribution is 0.307. The summed E-state index contributed by atoms with van der Waals surface area (Å²) >= 11 is 0. The lowest BCUT2D eigenvalue weighted by Gasteiger charge is -2.10. The largest absolute Gasteiger partial charge is 0.487 e. The van der Waals surface area contributed by atoms with Crippen LogP contribution in [0.3, 0.4) is 0 Å². The van der Waals surface area contributed by atoms with Gasteiger partial charge in [-0.3, -0.25) is 4.98 Å². The molecule has 0 saturated heterocycles. The van der Waals surface area contributed by atoms with Crippen LogP contribution in [0.1, 0.15) is 11.1 Å². The lowest BCUT2D eigenvalue weighted by Crippen LogP contribution is -2.00. The smallest absolute Gasteiger partial charge is 0.142 e. The summed E-state index contributed by atoms with van der Waals surface area (Å²) in [6, 6.07) is 9.63. The van der Waals surface area contributed by atoms with Gasteiger partial charge in [-0.15, -0.1) is 0 Å².